The van der Waals surface area contributed by atoms with Crippen LogP contribution in [0.25, 0.3) is 5.69 Å². The number of carbonyl (C=O) groups is 1. The Morgan fingerprint density at radius 2 is 1.91 bits per heavy atom. The number of halogens is 1. The molecule has 0 aliphatic rings. The molecule has 22 heavy (non-hydrogen) atoms. The number of amides is 1. The highest BCUT2D eigenvalue weighted by Crippen LogP contribution is 2.23. The quantitative estimate of drug-likeness (QED) is 0.805. The van der Waals surface area contributed by atoms with E-state index in [1.54, 1.807) is 29.1 Å². The van der Waals surface area contributed by atoms with Gasteiger partial charge in [-0.05, 0) is 36.8 Å². The van der Waals surface area contributed by atoms with Gasteiger partial charge in [-0.1, -0.05) is 41.1 Å². The van der Waals surface area contributed by atoms with Gasteiger partial charge < -0.3 is 5.32 Å². The predicted octanol–water partition coefficient (Wildman–Crippen LogP) is 3.48. The van der Waals surface area contributed by atoms with Gasteiger partial charge in [0.25, 0.3) is 5.91 Å². The monoisotopic (exact) mass is 312 g/mol. The molecule has 5 nitrogen and oxygen atoms in total. The molecule has 0 aliphatic carbocycles. The second-order valence-electron chi connectivity index (χ2n) is 4.75. The van der Waals surface area contributed by atoms with Crippen LogP contribution >= 0.6 is 11.6 Å². The van der Waals surface area contributed by atoms with E-state index in [2.05, 4.69) is 15.6 Å². The lowest BCUT2D eigenvalue weighted by Gasteiger charge is -2.07. The molecule has 0 saturated carbocycles. The first-order valence-corrected chi connectivity index (χ1v) is 7.07. The minimum atomic E-state index is -0.326. The minimum absolute atomic E-state index is 0.239. The molecule has 3 rings (SSSR count). The SMILES string of the molecule is Cc1c(Cl)cccc1NC(=O)c1cn(-c2ccccc2)nn1. The van der Waals surface area contributed by atoms with Crippen LogP contribution in [0.5, 0.6) is 0 Å². The first-order chi connectivity index (χ1) is 10.6. The molecule has 1 heterocycles. The first kappa shape index (κ1) is 14.3. The van der Waals surface area contributed by atoms with Crippen molar-refractivity contribution in [1.29, 1.82) is 0 Å². The number of rotatable bonds is 3. The van der Waals surface area contributed by atoms with Gasteiger partial charge >= 0.3 is 0 Å². The highest BCUT2D eigenvalue weighted by Gasteiger charge is 2.13. The molecule has 0 radical (unpaired) electrons. The summed E-state index contributed by atoms with van der Waals surface area (Å²) in [6.45, 7) is 1.85. The zero-order chi connectivity index (χ0) is 15.5. The standard InChI is InChI=1S/C16H13ClN4O/c1-11-13(17)8-5-9-14(11)18-16(22)15-10-21(20-19-15)12-6-3-2-4-7-12/h2-10H,1H3,(H,18,22). The third kappa shape index (κ3) is 2.84. The van der Waals surface area contributed by atoms with Gasteiger partial charge in [0, 0.05) is 10.7 Å². The molecule has 2 aromatic carbocycles. The summed E-state index contributed by atoms with van der Waals surface area (Å²) in [6.07, 6.45) is 1.59. The number of anilines is 1. The molecule has 0 fully saturated rings. The average Bonchev–Trinajstić information content (AvgIpc) is 3.03. The number of carbonyl (C=O) groups excluding carboxylic acids is 1. The zero-order valence-corrected chi connectivity index (χ0v) is 12.6. The fourth-order valence-corrected chi connectivity index (χ4v) is 2.18. The number of benzene rings is 2. The average molecular weight is 313 g/mol. The number of hydrogen-bond donors (Lipinski definition) is 1. The summed E-state index contributed by atoms with van der Waals surface area (Å²) < 4.78 is 1.56. The summed E-state index contributed by atoms with van der Waals surface area (Å²) >= 11 is 6.04. The van der Waals surface area contributed by atoms with Gasteiger partial charge in [0.15, 0.2) is 5.69 Å². The number of nitrogens with zero attached hydrogens (tertiary/aromatic N) is 3. The molecule has 1 amide bonds. The maximum Gasteiger partial charge on any atom is 0.277 e. The molecule has 110 valence electrons. The van der Waals surface area contributed by atoms with Crippen LogP contribution < -0.4 is 5.32 Å². The topological polar surface area (TPSA) is 59.8 Å². The molecular formula is C16H13ClN4O. The predicted molar refractivity (Wildman–Crippen MR) is 85.5 cm³/mol. The Kier molecular flexibility index (Phi) is 3.89. The minimum Gasteiger partial charge on any atom is -0.320 e. The Bertz CT molecular complexity index is 814. The van der Waals surface area contributed by atoms with E-state index >= 15 is 0 Å². The van der Waals surface area contributed by atoms with Gasteiger partial charge in [0.1, 0.15) is 0 Å². The second kappa shape index (κ2) is 5.99. The van der Waals surface area contributed by atoms with Gasteiger partial charge in [0.05, 0.1) is 11.9 Å². The highest BCUT2D eigenvalue weighted by molar-refractivity contribution is 6.31. The molecule has 0 unspecified atom stereocenters. The largest absolute Gasteiger partial charge is 0.320 e. The molecule has 0 aliphatic heterocycles. The Morgan fingerprint density at radius 3 is 2.68 bits per heavy atom. The molecular weight excluding hydrogens is 300 g/mol. The van der Waals surface area contributed by atoms with E-state index in [0.29, 0.717) is 10.7 Å². The van der Waals surface area contributed by atoms with Crippen molar-refractivity contribution in [2.24, 2.45) is 0 Å². The lowest BCUT2D eigenvalue weighted by molar-refractivity contribution is 0.102. The summed E-state index contributed by atoms with van der Waals surface area (Å²) in [7, 11) is 0. The van der Waals surface area contributed by atoms with E-state index in [1.807, 2.05) is 37.3 Å². The normalized spacial score (nSPS) is 10.5. The van der Waals surface area contributed by atoms with Crippen molar-refractivity contribution in [2.45, 2.75) is 6.92 Å². The molecule has 1 aromatic heterocycles. The molecule has 0 spiro atoms. The van der Waals surface area contributed by atoms with Crippen LogP contribution in [0.4, 0.5) is 5.69 Å². The Morgan fingerprint density at radius 1 is 1.14 bits per heavy atom. The van der Waals surface area contributed by atoms with Crippen LogP contribution in [-0.4, -0.2) is 20.9 Å². The lowest BCUT2D eigenvalue weighted by Crippen LogP contribution is -2.13. The van der Waals surface area contributed by atoms with Crippen molar-refractivity contribution < 1.29 is 4.79 Å². The summed E-state index contributed by atoms with van der Waals surface area (Å²) in [5.74, 6) is -0.326. The Balaban J connectivity index is 1.82. The smallest absolute Gasteiger partial charge is 0.277 e. The zero-order valence-electron chi connectivity index (χ0n) is 11.8. The second-order valence-corrected chi connectivity index (χ2v) is 5.16. The molecule has 3 aromatic rings. The molecule has 1 N–H and O–H groups in total. The van der Waals surface area contributed by atoms with Crippen LogP contribution in [-0.2, 0) is 0 Å². The van der Waals surface area contributed by atoms with Crippen LogP contribution in [0, 0.1) is 6.92 Å². The van der Waals surface area contributed by atoms with Crippen LogP contribution in [0.1, 0.15) is 16.1 Å². The van der Waals surface area contributed by atoms with Crippen molar-refractivity contribution in [3.8, 4) is 5.69 Å². The summed E-state index contributed by atoms with van der Waals surface area (Å²) in [5, 5.41) is 11.3. The van der Waals surface area contributed by atoms with Gasteiger partial charge in [-0.2, -0.15) is 0 Å². The highest BCUT2D eigenvalue weighted by atomic mass is 35.5. The van der Waals surface area contributed by atoms with E-state index in [1.165, 1.54) is 0 Å². The Labute approximate surface area is 132 Å². The van der Waals surface area contributed by atoms with E-state index < -0.39 is 0 Å². The van der Waals surface area contributed by atoms with E-state index in [0.717, 1.165) is 11.3 Å². The fourth-order valence-electron chi connectivity index (χ4n) is 2.00. The van der Waals surface area contributed by atoms with Crippen molar-refractivity contribution in [3.63, 3.8) is 0 Å². The van der Waals surface area contributed by atoms with Crippen molar-refractivity contribution >= 4 is 23.2 Å². The molecule has 0 atom stereocenters. The van der Waals surface area contributed by atoms with Crippen molar-refractivity contribution in [3.05, 3.63) is 71.0 Å². The molecule has 0 saturated heterocycles. The van der Waals surface area contributed by atoms with Crippen LogP contribution in [0.2, 0.25) is 5.02 Å². The van der Waals surface area contributed by atoms with Gasteiger partial charge in [-0.15, -0.1) is 5.10 Å². The van der Waals surface area contributed by atoms with Crippen molar-refractivity contribution in [2.75, 3.05) is 5.32 Å². The lowest BCUT2D eigenvalue weighted by atomic mass is 10.2. The van der Waals surface area contributed by atoms with Crippen LogP contribution in [0.3, 0.4) is 0 Å². The van der Waals surface area contributed by atoms with E-state index in [9.17, 15) is 4.79 Å². The third-order valence-electron chi connectivity index (χ3n) is 3.26. The summed E-state index contributed by atoms with van der Waals surface area (Å²) in [4.78, 5) is 12.3. The molecule has 0 bridgehead atoms. The summed E-state index contributed by atoms with van der Waals surface area (Å²) in [5.41, 5.74) is 2.55. The maximum absolute atomic E-state index is 12.3. The molecule has 6 heteroatoms. The van der Waals surface area contributed by atoms with Crippen LogP contribution in [0.15, 0.2) is 54.7 Å². The van der Waals surface area contributed by atoms with Gasteiger partial charge in [-0.25, -0.2) is 4.68 Å². The third-order valence-corrected chi connectivity index (χ3v) is 3.67. The van der Waals surface area contributed by atoms with Gasteiger partial charge in [0.2, 0.25) is 0 Å². The maximum atomic E-state index is 12.3. The number of hydrogen-bond acceptors (Lipinski definition) is 3. The number of para-hydroxylation sites is 1. The number of nitrogens with one attached hydrogen (secondary N) is 1. The van der Waals surface area contributed by atoms with E-state index in [4.69, 9.17) is 11.6 Å². The van der Waals surface area contributed by atoms with Crippen molar-refractivity contribution in [1.82, 2.24) is 15.0 Å². The summed E-state index contributed by atoms with van der Waals surface area (Å²) in [6, 6.07) is 14.8. The first-order valence-electron chi connectivity index (χ1n) is 6.69. The Hall–Kier alpha value is -2.66. The van der Waals surface area contributed by atoms with E-state index in [-0.39, 0.29) is 11.6 Å². The van der Waals surface area contributed by atoms with Gasteiger partial charge in [-0.3, -0.25) is 4.79 Å². The number of aromatic nitrogens is 3. The fraction of sp³-hybridized carbons (Fsp3) is 0.0625.